The van der Waals surface area contributed by atoms with E-state index in [-0.39, 0.29) is 0 Å². The van der Waals surface area contributed by atoms with Gasteiger partial charge in [0.25, 0.3) is 11.4 Å². The fraction of sp³-hybridized carbons (Fsp3) is 0. The second-order valence-electron chi connectivity index (χ2n) is 1.14. The van der Waals surface area contributed by atoms with Gasteiger partial charge in [-0.2, -0.15) is 0 Å². The molecule has 0 rings (SSSR count). The highest BCUT2D eigenvalue weighted by atomic mass is 14.8. The first-order valence-electron chi connectivity index (χ1n) is 2.09. The number of allylic oxidation sites excluding steroid dienone is 2. The highest BCUT2D eigenvalue weighted by Crippen LogP contribution is 2.04. The molecule has 0 radical (unpaired) electrons. The zero-order chi connectivity index (χ0) is 7.98. The van der Waals surface area contributed by atoms with Gasteiger partial charge in [0, 0.05) is 0 Å². The minimum atomic E-state index is -0.447. The Hall–Kier alpha value is -2.30. The van der Waals surface area contributed by atoms with Crippen LogP contribution >= 0.6 is 0 Å². The third-order valence-electron chi connectivity index (χ3n) is 0.660. The average Bonchev–Trinajstić information content (AvgIpc) is 2.00. The Morgan fingerprint density at radius 1 is 1.00 bits per heavy atom. The molecule has 0 aliphatic rings. The van der Waals surface area contributed by atoms with Crippen molar-refractivity contribution in [2.75, 3.05) is 0 Å². The molecule has 0 saturated heterocycles. The van der Waals surface area contributed by atoms with Gasteiger partial charge in [0.1, 0.15) is 0 Å². The first-order chi connectivity index (χ1) is 4.79. The van der Waals surface area contributed by atoms with Crippen LogP contribution in [-0.2, 0) is 0 Å². The van der Waals surface area contributed by atoms with Crippen molar-refractivity contribution in [3.05, 3.63) is 34.2 Å². The number of nitriles is 2. The van der Waals surface area contributed by atoms with E-state index in [4.69, 9.17) is 23.7 Å². The summed E-state index contributed by atoms with van der Waals surface area (Å²) in [6.45, 7) is 12.7. The fourth-order valence-electron chi connectivity index (χ4n) is 0.262. The first kappa shape index (κ1) is 7.70. The third kappa shape index (κ3) is 1.34. The number of hydrogen-bond donors (Lipinski definition) is 0. The van der Waals surface area contributed by atoms with Gasteiger partial charge in [-0.3, -0.25) is 0 Å². The second kappa shape index (κ2) is 3.67. The van der Waals surface area contributed by atoms with Crippen molar-refractivity contribution in [3.8, 4) is 12.1 Å². The summed E-state index contributed by atoms with van der Waals surface area (Å²) in [5.74, 6) is 0. The first-order valence-corrected chi connectivity index (χ1v) is 2.09. The van der Waals surface area contributed by atoms with Crippen LogP contribution < -0.4 is 0 Å². The van der Waals surface area contributed by atoms with Crippen LogP contribution in [0.4, 0.5) is 0 Å². The normalized spacial score (nSPS) is 9.20. The summed E-state index contributed by atoms with van der Waals surface area (Å²) in [5.41, 5.74) is -0.894. The van der Waals surface area contributed by atoms with Crippen LogP contribution in [0.3, 0.4) is 0 Å². The van der Waals surface area contributed by atoms with Crippen LogP contribution in [0.2, 0.25) is 0 Å². The van der Waals surface area contributed by atoms with Gasteiger partial charge in [-0.25, -0.2) is 20.2 Å². The minimum Gasteiger partial charge on any atom is -0.238 e. The van der Waals surface area contributed by atoms with Gasteiger partial charge in [0.2, 0.25) is 0 Å². The Kier molecular flexibility index (Phi) is 2.83. The molecule has 0 aromatic carbocycles. The van der Waals surface area contributed by atoms with E-state index >= 15 is 0 Å². The Bertz CT molecular complexity index is 257. The summed E-state index contributed by atoms with van der Waals surface area (Å²) < 4.78 is 0. The molecule has 0 amide bonds. The summed E-state index contributed by atoms with van der Waals surface area (Å²) >= 11 is 0. The molecule has 4 nitrogen and oxygen atoms in total. The van der Waals surface area contributed by atoms with Crippen molar-refractivity contribution in [2.24, 2.45) is 0 Å². The van der Waals surface area contributed by atoms with Gasteiger partial charge in [0.15, 0.2) is 0 Å². The number of hydrogen-bond acceptors (Lipinski definition) is 2. The van der Waals surface area contributed by atoms with Crippen molar-refractivity contribution in [1.82, 2.24) is 0 Å². The number of rotatable bonds is 0. The molecule has 0 saturated carbocycles. The van der Waals surface area contributed by atoms with E-state index in [0.29, 0.717) is 0 Å². The monoisotopic (exact) mass is 128 g/mol. The van der Waals surface area contributed by atoms with E-state index in [2.05, 4.69) is 9.69 Å². The van der Waals surface area contributed by atoms with Crippen LogP contribution in [0, 0.1) is 35.8 Å². The summed E-state index contributed by atoms with van der Waals surface area (Å²) in [6.07, 6.45) is 0. The van der Waals surface area contributed by atoms with Crippen molar-refractivity contribution >= 4 is 0 Å². The van der Waals surface area contributed by atoms with Crippen molar-refractivity contribution < 1.29 is 0 Å². The highest BCUT2D eigenvalue weighted by molar-refractivity contribution is 5.43. The molecule has 0 aromatic rings. The zero-order valence-corrected chi connectivity index (χ0v) is 4.79. The molecule has 0 fully saturated rings. The second-order valence-corrected chi connectivity index (χ2v) is 1.14. The van der Waals surface area contributed by atoms with Crippen molar-refractivity contribution in [2.45, 2.75) is 0 Å². The molecule has 0 bridgehead atoms. The number of nitrogens with zero attached hydrogens (tertiary/aromatic N) is 4. The fourth-order valence-corrected chi connectivity index (χ4v) is 0.262. The molecular formula is C6N4. The van der Waals surface area contributed by atoms with E-state index in [0.717, 1.165) is 0 Å². The van der Waals surface area contributed by atoms with Crippen molar-refractivity contribution in [1.29, 1.82) is 10.5 Å². The van der Waals surface area contributed by atoms with E-state index in [9.17, 15) is 0 Å². The molecule has 0 unspecified atom stereocenters. The van der Waals surface area contributed by atoms with Gasteiger partial charge in [-0.1, -0.05) is 0 Å². The zero-order valence-electron chi connectivity index (χ0n) is 4.79. The molecule has 10 heavy (non-hydrogen) atoms. The van der Waals surface area contributed by atoms with E-state index < -0.39 is 11.4 Å². The smallest absolute Gasteiger partial charge is 0.238 e. The predicted octanol–water partition coefficient (Wildman–Crippen LogP) is 1.08. The standard InChI is InChI=1S/C6N4/c1-9-5(3-7)6(4-8)10-2. The summed E-state index contributed by atoms with van der Waals surface area (Å²) in [7, 11) is 0. The van der Waals surface area contributed by atoms with Gasteiger partial charge in [-0.05, 0) is 0 Å². The maximum absolute atomic E-state index is 8.14. The van der Waals surface area contributed by atoms with Crippen LogP contribution in [0.25, 0.3) is 9.69 Å². The van der Waals surface area contributed by atoms with Gasteiger partial charge in [-0.15, -0.1) is 0 Å². The topological polar surface area (TPSA) is 56.3 Å². The molecule has 0 aliphatic heterocycles. The quantitative estimate of drug-likeness (QED) is 0.362. The lowest BCUT2D eigenvalue weighted by Crippen LogP contribution is -1.74. The van der Waals surface area contributed by atoms with Crippen LogP contribution in [0.5, 0.6) is 0 Å². The Morgan fingerprint density at radius 3 is 1.40 bits per heavy atom. The van der Waals surface area contributed by atoms with Crippen LogP contribution in [0.15, 0.2) is 11.4 Å². The Labute approximate surface area is 57.9 Å². The van der Waals surface area contributed by atoms with Crippen LogP contribution in [0.1, 0.15) is 0 Å². The summed E-state index contributed by atoms with van der Waals surface area (Å²) in [4.78, 5) is 5.36. The summed E-state index contributed by atoms with van der Waals surface area (Å²) in [5, 5.41) is 16.3. The molecule has 0 heterocycles. The molecule has 4 heteroatoms. The molecule has 44 valence electrons. The molecule has 0 atom stereocenters. The maximum Gasteiger partial charge on any atom is 0.280 e. The molecule has 0 aromatic heterocycles. The van der Waals surface area contributed by atoms with E-state index in [1.165, 1.54) is 12.1 Å². The third-order valence-corrected chi connectivity index (χ3v) is 0.660. The molecule has 0 aliphatic carbocycles. The minimum absolute atomic E-state index is 0.447. The Balaban J connectivity index is 5.12. The van der Waals surface area contributed by atoms with E-state index in [1.54, 1.807) is 0 Å². The largest absolute Gasteiger partial charge is 0.280 e. The lowest BCUT2D eigenvalue weighted by Gasteiger charge is -1.77. The highest BCUT2D eigenvalue weighted by Gasteiger charge is 2.03. The predicted molar refractivity (Wildman–Crippen MR) is 31.5 cm³/mol. The van der Waals surface area contributed by atoms with Gasteiger partial charge in [0.05, 0.1) is 25.3 Å². The van der Waals surface area contributed by atoms with Gasteiger partial charge >= 0.3 is 0 Å². The lowest BCUT2D eigenvalue weighted by atomic mass is 10.4. The summed E-state index contributed by atoms with van der Waals surface area (Å²) in [6, 6.07) is 2.89. The van der Waals surface area contributed by atoms with E-state index in [1.807, 2.05) is 0 Å². The lowest BCUT2D eigenvalue weighted by molar-refractivity contribution is 1.44. The molecule has 0 spiro atoms. The van der Waals surface area contributed by atoms with Crippen molar-refractivity contribution in [3.63, 3.8) is 0 Å². The molecule has 0 N–H and O–H groups in total. The van der Waals surface area contributed by atoms with Crippen LogP contribution in [-0.4, -0.2) is 0 Å². The van der Waals surface area contributed by atoms with Gasteiger partial charge < -0.3 is 0 Å². The SMILES string of the molecule is [C-]#[N+]C(C#N)=C(C#N)[N+]#[C-]. The Morgan fingerprint density at radius 2 is 1.30 bits per heavy atom. The maximum atomic E-state index is 8.14. The average molecular weight is 128 g/mol. The molecular weight excluding hydrogens is 128 g/mol.